The summed E-state index contributed by atoms with van der Waals surface area (Å²) < 4.78 is 5.20. The molecule has 2 rings (SSSR count). The quantitative estimate of drug-likeness (QED) is 0.446. The monoisotopic (exact) mass is 355 g/mol. The largest absolute Gasteiger partial charge is 0.449 e. The molecule has 2 aromatic rings. The average molecular weight is 355 g/mol. The van der Waals surface area contributed by atoms with E-state index >= 15 is 0 Å². The highest BCUT2D eigenvalue weighted by Gasteiger charge is 2.21. The van der Waals surface area contributed by atoms with E-state index in [1.165, 1.54) is 11.0 Å². The van der Waals surface area contributed by atoms with Gasteiger partial charge >= 0.3 is 5.97 Å². The van der Waals surface area contributed by atoms with Gasteiger partial charge in [-0.25, -0.2) is 4.79 Å². The number of anilines is 1. The average Bonchev–Trinajstić information content (AvgIpc) is 2.66. The zero-order valence-electron chi connectivity index (χ0n) is 14.5. The molecule has 0 aliphatic carbocycles. The molecule has 0 aliphatic heterocycles. The highest BCUT2D eigenvalue weighted by atomic mass is 32.2. The number of esters is 1. The summed E-state index contributed by atoms with van der Waals surface area (Å²) in [7, 11) is 1.66. The minimum Gasteiger partial charge on any atom is -0.449 e. The molecular formula is C20H21NO3S. The van der Waals surface area contributed by atoms with Crippen molar-refractivity contribution in [3.8, 4) is 0 Å². The van der Waals surface area contributed by atoms with Crippen LogP contribution in [0.3, 0.4) is 0 Å². The Morgan fingerprint density at radius 2 is 1.72 bits per heavy atom. The summed E-state index contributed by atoms with van der Waals surface area (Å²) in [6.07, 6.45) is 4.15. The molecule has 0 spiro atoms. The second-order valence-electron chi connectivity index (χ2n) is 5.42. The number of carbonyl (C=O) groups is 2. The van der Waals surface area contributed by atoms with Gasteiger partial charge in [0.15, 0.2) is 6.10 Å². The van der Waals surface area contributed by atoms with Gasteiger partial charge in [0.25, 0.3) is 5.91 Å². The molecule has 0 aliphatic rings. The van der Waals surface area contributed by atoms with Gasteiger partial charge in [0, 0.05) is 23.7 Å². The Hall–Kier alpha value is -2.53. The number of amides is 1. The van der Waals surface area contributed by atoms with Crippen LogP contribution in [0.1, 0.15) is 12.5 Å². The van der Waals surface area contributed by atoms with E-state index in [1.807, 2.05) is 60.9 Å². The van der Waals surface area contributed by atoms with Crippen LogP contribution in [0.5, 0.6) is 0 Å². The number of benzene rings is 2. The normalized spacial score (nSPS) is 12.0. The maximum Gasteiger partial charge on any atom is 0.331 e. The van der Waals surface area contributed by atoms with Crippen molar-refractivity contribution in [1.29, 1.82) is 0 Å². The smallest absolute Gasteiger partial charge is 0.331 e. The van der Waals surface area contributed by atoms with E-state index in [1.54, 1.807) is 31.8 Å². The number of ether oxygens (including phenoxy) is 1. The van der Waals surface area contributed by atoms with Crippen molar-refractivity contribution in [2.75, 3.05) is 18.2 Å². The first-order valence-corrected chi connectivity index (χ1v) is 9.09. The fraction of sp³-hybridized carbons (Fsp3) is 0.200. The molecule has 0 unspecified atom stereocenters. The van der Waals surface area contributed by atoms with Crippen molar-refractivity contribution in [3.05, 3.63) is 66.2 Å². The van der Waals surface area contributed by atoms with Crippen LogP contribution in [-0.2, 0) is 14.3 Å². The second kappa shape index (κ2) is 9.08. The van der Waals surface area contributed by atoms with Crippen molar-refractivity contribution in [3.63, 3.8) is 0 Å². The number of para-hydroxylation sites is 1. The van der Waals surface area contributed by atoms with E-state index in [2.05, 4.69) is 0 Å². The summed E-state index contributed by atoms with van der Waals surface area (Å²) in [5, 5.41) is 0. The first-order chi connectivity index (χ1) is 12.0. The lowest BCUT2D eigenvalue weighted by atomic mass is 10.2. The molecule has 4 nitrogen and oxygen atoms in total. The first-order valence-electron chi connectivity index (χ1n) is 7.86. The van der Waals surface area contributed by atoms with Crippen molar-refractivity contribution in [2.45, 2.75) is 17.9 Å². The summed E-state index contributed by atoms with van der Waals surface area (Å²) in [4.78, 5) is 26.9. The maximum absolute atomic E-state index is 12.3. The van der Waals surface area contributed by atoms with Gasteiger partial charge < -0.3 is 9.64 Å². The Morgan fingerprint density at radius 1 is 1.08 bits per heavy atom. The molecule has 0 radical (unpaired) electrons. The predicted molar refractivity (Wildman–Crippen MR) is 103 cm³/mol. The lowest BCUT2D eigenvalue weighted by molar-refractivity contribution is -0.148. The van der Waals surface area contributed by atoms with Crippen molar-refractivity contribution >= 4 is 35.4 Å². The number of hydrogen-bond donors (Lipinski definition) is 0. The Morgan fingerprint density at radius 3 is 2.32 bits per heavy atom. The SMILES string of the molecule is CSc1ccc(/C=C/C(=O)O[C@H](C)C(=O)N(C)c2ccccc2)cc1. The van der Waals surface area contributed by atoms with Gasteiger partial charge in [-0.1, -0.05) is 30.3 Å². The van der Waals surface area contributed by atoms with Crippen LogP contribution < -0.4 is 4.90 Å². The van der Waals surface area contributed by atoms with E-state index in [4.69, 9.17) is 4.74 Å². The molecule has 0 heterocycles. The van der Waals surface area contributed by atoms with Gasteiger partial charge in [-0.3, -0.25) is 4.79 Å². The standard InChI is InChI=1S/C20H21NO3S/c1-15(20(23)21(2)17-7-5-4-6-8-17)24-19(22)14-11-16-9-12-18(25-3)13-10-16/h4-15H,1-3H3/b14-11+/t15-/m1/s1. The zero-order valence-corrected chi connectivity index (χ0v) is 15.3. The van der Waals surface area contributed by atoms with E-state index in [0.29, 0.717) is 0 Å². The van der Waals surface area contributed by atoms with Crippen LogP contribution in [0.4, 0.5) is 5.69 Å². The molecule has 0 fully saturated rings. The number of carbonyl (C=O) groups excluding carboxylic acids is 2. The highest BCUT2D eigenvalue weighted by molar-refractivity contribution is 7.98. The molecule has 0 aromatic heterocycles. The lowest BCUT2D eigenvalue weighted by Gasteiger charge is -2.21. The molecule has 1 amide bonds. The van der Waals surface area contributed by atoms with Gasteiger partial charge in [0.2, 0.25) is 0 Å². The zero-order chi connectivity index (χ0) is 18.2. The summed E-state index contributed by atoms with van der Waals surface area (Å²) >= 11 is 1.66. The number of rotatable bonds is 6. The molecule has 5 heteroatoms. The Bertz CT molecular complexity index is 741. The minimum atomic E-state index is -0.860. The number of nitrogens with zero attached hydrogens (tertiary/aromatic N) is 1. The summed E-state index contributed by atoms with van der Waals surface area (Å²) in [5.74, 6) is -0.825. The Kier molecular flexibility index (Phi) is 6.83. The van der Waals surface area contributed by atoms with Gasteiger partial charge in [0.05, 0.1) is 0 Å². The van der Waals surface area contributed by atoms with Crippen LogP contribution in [-0.4, -0.2) is 31.3 Å². The fourth-order valence-corrected chi connectivity index (χ4v) is 2.60. The van der Waals surface area contributed by atoms with Crippen molar-refractivity contribution < 1.29 is 14.3 Å². The second-order valence-corrected chi connectivity index (χ2v) is 6.30. The molecule has 25 heavy (non-hydrogen) atoms. The van der Waals surface area contributed by atoms with Gasteiger partial charge in [0.1, 0.15) is 0 Å². The van der Waals surface area contributed by atoms with Crippen LogP contribution in [0.25, 0.3) is 6.08 Å². The van der Waals surface area contributed by atoms with Crippen LogP contribution >= 0.6 is 11.8 Å². The van der Waals surface area contributed by atoms with Crippen LogP contribution in [0, 0.1) is 0 Å². The van der Waals surface area contributed by atoms with Crippen molar-refractivity contribution in [2.24, 2.45) is 0 Å². The molecule has 130 valence electrons. The van der Waals surface area contributed by atoms with Crippen molar-refractivity contribution in [1.82, 2.24) is 0 Å². The van der Waals surface area contributed by atoms with E-state index in [9.17, 15) is 9.59 Å². The minimum absolute atomic E-state index is 0.280. The summed E-state index contributed by atoms with van der Waals surface area (Å²) in [6, 6.07) is 17.0. The summed E-state index contributed by atoms with van der Waals surface area (Å²) in [6.45, 7) is 1.57. The summed E-state index contributed by atoms with van der Waals surface area (Å²) in [5.41, 5.74) is 1.65. The molecule has 0 bridgehead atoms. The highest BCUT2D eigenvalue weighted by Crippen LogP contribution is 2.16. The third kappa shape index (κ3) is 5.50. The third-order valence-corrected chi connectivity index (χ3v) is 4.39. The van der Waals surface area contributed by atoms with E-state index in [-0.39, 0.29) is 5.91 Å². The number of likely N-dealkylation sites (N-methyl/N-ethyl adjacent to an activating group) is 1. The maximum atomic E-state index is 12.3. The van der Waals surface area contributed by atoms with Gasteiger partial charge in [-0.2, -0.15) is 0 Å². The molecule has 1 atom stereocenters. The Labute approximate surface area is 152 Å². The van der Waals surface area contributed by atoms with Gasteiger partial charge in [-0.15, -0.1) is 11.8 Å². The third-order valence-electron chi connectivity index (χ3n) is 3.64. The predicted octanol–water partition coefficient (Wildman–Crippen LogP) is 4.02. The van der Waals surface area contributed by atoms with Crippen LogP contribution in [0.2, 0.25) is 0 Å². The van der Waals surface area contributed by atoms with Gasteiger partial charge in [-0.05, 0) is 49.1 Å². The molecule has 0 N–H and O–H groups in total. The van der Waals surface area contributed by atoms with E-state index in [0.717, 1.165) is 16.1 Å². The van der Waals surface area contributed by atoms with E-state index < -0.39 is 12.1 Å². The first kappa shape index (κ1) is 18.8. The number of thioether (sulfide) groups is 1. The van der Waals surface area contributed by atoms with Crippen LogP contribution in [0.15, 0.2) is 65.6 Å². The lowest BCUT2D eigenvalue weighted by Crippen LogP contribution is -2.37. The molecule has 0 saturated heterocycles. The molecule has 2 aromatic carbocycles. The molecule has 0 saturated carbocycles. The fourth-order valence-electron chi connectivity index (χ4n) is 2.19. The topological polar surface area (TPSA) is 46.6 Å². The number of hydrogen-bond acceptors (Lipinski definition) is 4. The Balaban J connectivity index is 1.92. The molecular weight excluding hydrogens is 334 g/mol.